The maximum atomic E-state index is 12.6. The topological polar surface area (TPSA) is 32.8 Å². The van der Waals surface area contributed by atoms with Crippen LogP contribution in [0, 0.1) is 0 Å². The summed E-state index contributed by atoms with van der Waals surface area (Å²) in [6, 6.07) is 27.4. The van der Waals surface area contributed by atoms with Crippen molar-refractivity contribution < 1.29 is 9.53 Å². The molecule has 27 heavy (non-hydrogen) atoms. The molecule has 1 aliphatic rings. The summed E-state index contributed by atoms with van der Waals surface area (Å²) in [5, 5.41) is 0. The molecular weight excluding hydrogens is 336 g/mol. The van der Waals surface area contributed by atoms with E-state index in [0.29, 0.717) is 13.1 Å². The molecule has 3 aromatic carbocycles. The van der Waals surface area contributed by atoms with Crippen LogP contribution >= 0.6 is 0 Å². The lowest BCUT2D eigenvalue weighted by Crippen LogP contribution is -2.48. The Morgan fingerprint density at radius 2 is 1.30 bits per heavy atom. The number of anilines is 1. The van der Waals surface area contributed by atoms with Crippen molar-refractivity contribution in [2.45, 2.75) is 0 Å². The van der Waals surface area contributed by atoms with Crippen molar-refractivity contribution in [3.8, 4) is 11.5 Å². The minimum atomic E-state index is 0.101. The summed E-state index contributed by atoms with van der Waals surface area (Å²) in [7, 11) is 0. The summed E-state index contributed by atoms with van der Waals surface area (Å²) in [6.07, 6.45) is 0. The first kappa shape index (κ1) is 17.2. The Kier molecular flexibility index (Phi) is 5.06. The number of ether oxygens (including phenoxy) is 1. The van der Waals surface area contributed by atoms with Crippen LogP contribution < -0.4 is 9.64 Å². The Morgan fingerprint density at radius 3 is 2.00 bits per heavy atom. The molecule has 1 fully saturated rings. The minimum absolute atomic E-state index is 0.101. The van der Waals surface area contributed by atoms with E-state index in [4.69, 9.17) is 4.74 Å². The average Bonchev–Trinajstić information content (AvgIpc) is 2.75. The first-order valence-electron chi connectivity index (χ1n) is 9.22. The number of piperazine rings is 1. The van der Waals surface area contributed by atoms with Gasteiger partial charge in [0.25, 0.3) is 5.91 Å². The van der Waals surface area contributed by atoms with Crippen LogP contribution in [0.15, 0.2) is 84.9 Å². The number of carbonyl (C=O) groups excluding carboxylic acids is 1. The van der Waals surface area contributed by atoms with Crippen molar-refractivity contribution in [1.82, 2.24) is 4.90 Å². The number of carbonyl (C=O) groups is 1. The molecule has 1 amide bonds. The molecule has 1 heterocycles. The van der Waals surface area contributed by atoms with Gasteiger partial charge in [0.2, 0.25) is 0 Å². The van der Waals surface area contributed by atoms with Gasteiger partial charge in [-0.1, -0.05) is 48.5 Å². The smallest absolute Gasteiger partial charge is 0.253 e. The van der Waals surface area contributed by atoms with Crippen molar-refractivity contribution in [3.63, 3.8) is 0 Å². The molecule has 0 spiro atoms. The highest BCUT2D eigenvalue weighted by Gasteiger charge is 2.23. The van der Waals surface area contributed by atoms with Crippen molar-refractivity contribution in [3.05, 3.63) is 90.5 Å². The molecule has 0 aliphatic carbocycles. The predicted molar refractivity (Wildman–Crippen MR) is 108 cm³/mol. The molecule has 0 atom stereocenters. The summed E-state index contributed by atoms with van der Waals surface area (Å²) in [5.74, 6) is 1.76. The molecule has 0 aromatic heterocycles. The van der Waals surface area contributed by atoms with Crippen LogP contribution in [-0.4, -0.2) is 37.0 Å². The molecule has 0 N–H and O–H groups in total. The van der Waals surface area contributed by atoms with E-state index in [-0.39, 0.29) is 5.91 Å². The Morgan fingerprint density at radius 1 is 0.704 bits per heavy atom. The third kappa shape index (κ3) is 3.95. The molecule has 0 saturated carbocycles. The first-order valence-corrected chi connectivity index (χ1v) is 9.22. The van der Waals surface area contributed by atoms with Crippen LogP contribution in [0.4, 0.5) is 5.69 Å². The quantitative estimate of drug-likeness (QED) is 0.691. The zero-order valence-electron chi connectivity index (χ0n) is 15.1. The van der Waals surface area contributed by atoms with E-state index >= 15 is 0 Å². The second-order valence-corrected chi connectivity index (χ2v) is 6.53. The van der Waals surface area contributed by atoms with E-state index in [1.807, 2.05) is 83.8 Å². The van der Waals surface area contributed by atoms with E-state index < -0.39 is 0 Å². The predicted octanol–water partition coefficient (Wildman–Crippen LogP) is 4.44. The van der Waals surface area contributed by atoms with Gasteiger partial charge in [0, 0.05) is 31.7 Å². The van der Waals surface area contributed by atoms with Crippen LogP contribution in [0.25, 0.3) is 0 Å². The van der Waals surface area contributed by atoms with Crippen molar-refractivity contribution in [1.29, 1.82) is 0 Å². The summed E-state index contributed by atoms with van der Waals surface area (Å²) in [5.41, 5.74) is 1.81. The maximum Gasteiger partial charge on any atom is 0.253 e. The van der Waals surface area contributed by atoms with Gasteiger partial charge in [0.1, 0.15) is 5.75 Å². The molecule has 3 aromatic rings. The van der Waals surface area contributed by atoms with Crippen molar-refractivity contribution >= 4 is 11.6 Å². The molecule has 0 radical (unpaired) electrons. The molecule has 136 valence electrons. The summed E-state index contributed by atoms with van der Waals surface area (Å²) in [6.45, 7) is 2.97. The van der Waals surface area contributed by atoms with Crippen molar-refractivity contribution in [2.75, 3.05) is 31.1 Å². The fourth-order valence-electron chi connectivity index (χ4n) is 3.33. The maximum absolute atomic E-state index is 12.6. The monoisotopic (exact) mass is 358 g/mol. The first-order chi connectivity index (χ1) is 13.3. The van der Waals surface area contributed by atoms with Gasteiger partial charge < -0.3 is 14.5 Å². The number of benzene rings is 3. The van der Waals surface area contributed by atoms with Crippen molar-refractivity contribution in [2.24, 2.45) is 0 Å². The Balaban J connectivity index is 1.45. The van der Waals surface area contributed by atoms with Crippen LogP contribution in [-0.2, 0) is 0 Å². The zero-order valence-corrected chi connectivity index (χ0v) is 15.1. The van der Waals surface area contributed by atoms with Gasteiger partial charge in [0.05, 0.1) is 5.69 Å². The normalized spacial score (nSPS) is 14.1. The van der Waals surface area contributed by atoms with Gasteiger partial charge in [0.15, 0.2) is 5.75 Å². The van der Waals surface area contributed by atoms with E-state index in [2.05, 4.69) is 11.0 Å². The highest BCUT2D eigenvalue weighted by Crippen LogP contribution is 2.32. The summed E-state index contributed by atoms with van der Waals surface area (Å²) >= 11 is 0. The van der Waals surface area contributed by atoms with E-state index in [9.17, 15) is 4.79 Å². The lowest BCUT2D eigenvalue weighted by molar-refractivity contribution is 0.0746. The van der Waals surface area contributed by atoms with Gasteiger partial charge in [-0.15, -0.1) is 0 Å². The fraction of sp³-hybridized carbons (Fsp3) is 0.174. The number of amides is 1. The third-order valence-electron chi connectivity index (χ3n) is 4.76. The van der Waals surface area contributed by atoms with Crippen LogP contribution in [0.3, 0.4) is 0 Å². The number of rotatable bonds is 4. The van der Waals surface area contributed by atoms with Crippen LogP contribution in [0.1, 0.15) is 10.4 Å². The zero-order chi connectivity index (χ0) is 18.5. The largest absolute Gasteiger partial charge is 0.455 e. The second kappa shape index (κ2) is 7.96. The second-order valence-electron chi connectivity index (χ2n) is 6.53. The molecule has 0 unspecified atom stereocenters. The highest BCUT2D eigenvalue weighted by molar-refractivity contribution is 5.94. The fourth-order valence-corrected chi connectivity index (χ4v) is 3.33. The van der Waals surface area contributed by atoms with E-state index in [1.54, 1.807) is 0 Å². The summed E-state index contributed by atoms with van der Waals surface area (Å²) < 4.78 is 6.08. The van der Waals surface area contributed by atoms with Crippen LogP contribution in [0.5, 0.6) is 11.5 Å². The Labute approximate surface area is 159 Å². The molecule has 0 bridgehead atoms. The number of hydrogen-bond donors (Lipinski definition) is 0. The van der Waals surface area contributed by atoms with E-state index in [0.717, 1.165) is 35.8 Å². The van der Waals surface area contributed by atoms with Gasteiger partial charge in [-0.25, -0.2) is 0 Å². The molecule has 4 rings (SSSR count). The van der Waals surface area contributed by atoms with Gasteiger partial charge >= 0.3 is 0 Å². The van der Waals surface area contributed by atoms with Gasteiger partial charge in [-0.3, -0.25) is 4.79 Å². The molecular formula is C23H22N2O2. The molecule has 1 aliphatic heterocycles. The third-order valence-corrected chi connectivity index (χ3v) is 4.76. The van der Waals surface area contributed by atoms with Crippen LogP contribution in [0.2, 0.25) is 0 Å². The molecule has 4 heteroatoms. The molecule has 4 nitrogen and oxygen atoms in total. The lowest BCUT2D eigenvalue weighted by atomic mass is 10.1. The van der Waals surface area contributed by atoms with Gasteiger partial charge in [-0.05, 0) is 36.4 Å². The highest BCUT2D eigenvalue weighted by atomic mass is 16.5. The number of para-hydroxylation sites is 3. The Bertz CT molecular complexity index is 889. The summed E-state index contributed by atoms with van der Waals surface area (Å²) in [4.78, 5) is 16.8. The van der Waals surface area contributed by atoms with Gasteiger partial charge in [-0.2, -0.15) is 0 Å². The number of nitrogens with zero attached hydrogens (tertiary/aromatic N) is 2. The van der Waals surface area contributed by atoms with E-state index in [1.165, 1.54) is 0 Å². The standard InChI is InChI=1S/C23H22N2O2/c26-23(19-9-3-1-4-10-19)25-17-15-24(16-18-25)21-13-7-8-14-22(21)27-20-11-5-2-6-12-20/h1-14H,15-18H2. The Hall–Kier alpha value is -3.27. The average molecular weight is 358 g/mol. The SMILES string of the molecule is O=C(c1ccccc1)N1CCN(c2ccccc2Oc2ccccc2)CC1. The minimum Gasteiger partial charge on any atom is -0.455 e. The lowest BCUT2D eigenvalue weighted by Gasteiger charge is -2.36. The number of hydrogen-bond acceptors (Lipinski definition) is 3. The molecule has 1 saturated heterocycles.